The molecule has 6 nitrogen and oxygen atoms in total. The summed E-state index contributed by atoms with van der Waals surface area (Å²) >= 11 is 1.74. The summed E-state index contributed by atoms with van der Waals surface area (Å²) < 4.78 is 6.40. The third kappa shape index (κ3) is 5.31. The van der Waals surface area contributed by atoms with Gasteiger partial charge in [0.1, 0.15) is 11.5 Å². The molecule has 0 saturated heterocycles. The van der Waals surface area contributed by atoms with Crippen LogP contribution in [0.3, 0.4) is 0 Å². The fourth-order valence-electron chi connectivity index (χ4n) is 3.83. The summed E-state index contributed by atoms with van der Waals surface area (Å²) in [5.74, 6) is 0.730. The van der Waals surface area contributed by atoms with Crippen molar-refractivity contribution in [3.05, 3.63) is 95.2 Å². The van der Waals surface area contributed by atoms with E-state index in [0.29, 0.717) is 18.6 Å². The molecule has 0 aliphatic rings. The van der Waals surface area contributed by atoms with Crippen LogP contribution in [0.4, 0.5) is 5.69 Å². The number of rotatable bonds is 6. The lowest BCUT2D eigenvalue weighted by molar-refractivity contribution is -0.109. The number of benzene rings is 3. The molecular formula is C28H26N4O2S. The predicted octanol–water partition coefficient (Wildman–Crippen LogP) is 6.35. The Morgan fingerprint density at radius 3 is 2.51 bits per heavy atom. The van der Waals surface area contributed by atoms with Crippen LogP contribution in [0.2, 0.25) is 0 Å². The van der Waals surface area contributed by atoms with Gasteiger partial charge in [-0.3, -0.25) is 4.79 Å². The third-order valence-corrected chi connectivity index (χ3v) is 6.75. The fourth-order valence-corrected chi connectivity index (χ4v) is 4.92. The van der Waals surface area contributed by atoms with Crippen LogP contribution in [0, 0.1) is 19.3 Å². The van der Waals surface area contributed by atoms with Crippen LogP contribution in [0.5, 0.6) is 0 Å². The standard InChI is InChI=1S/C16H14N2S.C12H12N2O2/c1-10-6-12(9-17)16(18)13(7-10)15-8-11-4-2-3-5-14(11)19-15;1-9-11(7-13-8-15)12(14-16-9)10-5-3-2-4-6-10/h2-9,17H,18H2,1H3;2-6,8H,7H2,1H3,(H,13,15). The minimum absolute atomic E-state index is 0.434. The lowest BCUT2D eigenvalue weighted by atomic mass is 10.0. The molecule has 0 aliphatic carbocycles. The molecule has 5 aromatic rings. The number of carbonyl (C=O) groups is 1. The fraction of sp³-hybridized carbons (Fsp3) is 0.107. The van der Waals surface area contributed by atoms with Gasteiger partial charge in [-0.1, -0.05) is 53.7 Å². The van der Waals surface area contributed by atoms with Crippen LogP contribution in [-0.2, 0) is 11.3 Å². The molecule has 5 rings (SSSR count). The Hall–Kier alpha value is -4.23. The summed E-state index contributed by atoms with van der Waals surface area (Å²) in [5, 5.41) is 15.3. The van der Waals surface area contributed by atoms with Crippen LogP contribution in [0.1, 0.15) is 22.5 Å². The number of nitrogens with one attached hydrogen (secondary N) is 2. The first-order valence-electron chi connectivity index (χ1n) is 11.1. The van der Waals surface area contributed by atoms with Crippen LogP contribution in [-0.4, -0.2) is 17.8 Å². The number of carbonyl (C=O) groups excluding carboxylic acids is 1. The summed E-state index contributed by atoms with van der Waals surface area (Å²) in [6.45, 7) is 4.30. The smallest absolute Gasteiger partial charge is 0.207 e. The largest absolute Gasteiger partial charge is 0.398 e. The Morgan fingerprint density at radius 1 is 1.06 bits per heavy atom. The number of thiophene rings is 1. The second kappa shape index (κ2) is 10.8. The molecule has 0 unspecified atom stereocenters. The van der Waals surface area contributed by atoms with Crippen LogP contribution in [0.25, 0.3) is 31.8 Å². The van der Waals surface area contributed by atoms with E-state index in [0.717, 1.165) is 44.1 Å². The molecule has 3 aromatic carbocycles. The molecule has 0 aliphatic heterocycles. The van der Waals surface area contributed by atoms with Crippen LogP contribution < -0.4 is 11.1 Å². The quantitative estimate of drug-likeness (QED) is 0.149. The number of hydrogen-bond acceptors (Lipinski definition) is 6. The van der Waals surface area contributed by atoms with E-state index >= 15 is 0 Å². The van der Waals surface area contributed by atoms with Gasteiger partial charge in [0.25, 0.3) is 0 Å². The van der Waals surface area contributed by atoms with E-state index < -0.39 is 0 Å². The molecule has 4 N–H and O–H groups in total. The summed E-state index contributed by atoms with van der Waals surface area (Å²) in [4.78, 5) is 11.5. The van der Waals surface area contributed by atoms with E-state index in [4.69, 9.17) is 15.7 Å². The third-order valence-electron chi connectivity index (χ3n) is 5.60. The van der Waals surface area contributed by atoms with Crippen molar-refractivity contribution in [3.63, 3.8) is 0 Å². The maximum absolute atomic E-state index is 10.3. The number of anilines is 1. The lowest BCUT2D eigenvalue weighted by Crippen LogP contribution is -2.10. The van der Waals surface area contributed by atoms with Crippen LogP contribution >= 0.6 is 11.3 Å². The number of aryl methyl sites for hydroxylation is 2. The van der Waals surface area contributed by atoms with Gasteiger partial charge in [-0.05, 0) is 49.1 Å². The van der Waals surface area contributed by atoms with Gasteiger partial charge in [0.05, 0.1) is 0 Å². The molecule has 2 heterocycles. The average molecular weight is 483 g/mol. The van der Waals surface area contributed by atoms with Gasteiger partial charge in [-0.15, -0.1) is 11.3 Å². The molecule has 0 saturated carbocycles. The van der Waals surface area contributed by atoms with Crippen molar-refractivity contribution in [1.82, 2.24) is 10.5 Å². The number of fused-ring (bicyclic) bond motifs is 1. The van der Waals surface area contributed by atoms with Crippen molar-refractivity contribution in [2.24, 2.45) is 0 Å². The lowest BCUT2D eigenvalue weighted by Gasteiger charge is -2.08. The van der Waals surface area contributed by atoms with Gasteiger partial charge in [0.15, 0.2) is 0 Å². The Balaban J connectivity index is 0.000000168. The van der Waals surface area contributed by atoms with Crippen molar-refractivity contribution in [1.29, 1.82) is 5.41 Å². The monoisotopic (exact) mass is 482 g/mol. The maximum Gasteiger partial charge on any atom is 0.207 e. The molecule has 176 valence electrons. The Labute approximate surface area is 207 Å². The van der Waals surface area contributed by atoms with Crippen molar-refractivity contribution in [2.75, 3.05) is 5.73 Å². The SMILES string of the molecule is Cc1cc(C=N)c(N)c(-c2cc3ccccc3s2)c1.Cc1onc(-c2ccccc2)c1CNC=O. The van der Waals surface area contributed by atoms with Crippen molar-refractivity contribution >= 4 is 39.7 Å². The van der Waals surface area contributed by atoms with E-state index in [1.165, 1.54) is 16.3 Å². The second-order valence-electron chi connectivity index (χ2n) is 8.04. The normalized spacial score (nSPS) is 10.5. The topological polar surface area (TPSA) is 105 Å². The molecular weight excluding hydrogens is 456 g/mol. The summed E-state index contributed by atoms with van der Waals surface area (Å²) in [5.41, 5.74) is 12.5. The first-order chi connectivity index (χ1) is 17.0. The molecule has 2 aromatic heterocycles. The highest BCUT2D eigenvalue weighted by molar-refractivity contribution is 7.22. The highest BCUT2D eigenvalue weighted by Crippen LogP contribution is 2.37. The minimum atomic E-state index is 0.434. The van der Waals surface area contributed by atoms with E-state index in [1.54, 1.807) is 11.3 Å². The predicted molar refractivity (Wildman–Crippen MR) is 144 cm³/mol. The number of aromatic nitrogens is 1. The van der Waals surface area contributed by atoms with Crippen LogP contribution in [0.15, 0.2) is 77.3 Å². The number of nitrogens with two attached hydrogens (primary N) is 1. The second-order valence-corrected chi connectivity index (χ2v) is 9.12. The Bertz CT molecular complexity index is 1440. The van der Waals surface area contributed by atoms with Gasteiger partial charge < -0.3 is 21.0 Å². The number of nitrogen functional groups attached to an aromatic ring is 1. The van der Waals surface area contributed by atoms with E-state index in [1.807, 2.05) is 62.4 Å². The maximum atomic E-state index is 10.3. The minimum Gasteiger partial charge on any atom is -0.398 e. The summed E-state index contributed by atoms with van der Waals surface area (Å²) in [6, 6.07) is 24.3. The van der Waals surface area contributed by atoms with E-state index in [9.17, 15) is 4.79 Å². The molecule has 0 radical (unpaired) electrons. The molecule has 0 spiro atoms. The van der Waals surface area contributed by atoms with E-state index in [2.05, 4.69) is 34.7 Å². The van der Waals surface area contributed by atoms with Crippen molar-refractivity contribution in [2.45, 2.75) is 20.4 Å². The van der Waals surface area contributed by atoms with Gasteiger partial charge >= 0.3 is 0 Å². The highest BCUT2D eigenvalue weighted by atomic mass is 32.1. The number of amides is 1. The van der Waals surface area contributed by atoms with Crippen molar-refractivity contribution < 1.29 is 9.32 Å². The zero-order valence-electron chi connectivity index (χ0n) is 19.5. The molecule has 0 bridgehead atoms. The highest BCUT2D eigenvalue weighted by Gasteiger charge is 2.13. The first-order valence-corrected chi connectivity index (χ1v) is 11.9. The number of hydrogen-bond donors (Lipinski definition) is 3. The van der Waals surface area contributed by atoms with Gasteiger partial charge in [-0.25, -0.2) is 0 Å². The van der Waals surface area contributed by atoms with Gasteiger partial charge in [-0.2, -0.15) is 0 Å². The van der Waals surface area contributed by atoms with Crippen molar-refractivity contribution in [3.8, 4) is 21.7 Å². The Kier molecular flexibility index (Phi) is 7.38. The zero-order chi connectivity index (χ0) is 24.8. The molecule has 1 amide bonds. The molecule has 0 fully saturated rings. The molecule has 7 heteroatoms. The average Bonchev–Trinajstić information content (AvgIpc) is 3.48. The van der Waals surface area contributed by atoms with Gasteiger partial charge in [0.2, 0.25) is 6.41 Å². The van der Waals surface area contributed by atoms with Gasteiger partial charge in [0, 0.05) is 50.3 Å². The molecule has 0 atom stereocenters. The first kappa shape index (κ1) is 23.9. The summed E-state index contributed by atoms with van der Waals surface area (Å²) in [6.07, 6.45) is 1.99. The summed E-state index contributed by atoms with van der Waals surface area (Å²) in [7, 11) is 0. The van der Waals surface area contributed by atoms with E-state index in [-0.39, 0.29) is 0 Å². The number of nitrogens with zero attached hydrogens (tertiary/aromatic N) is 1. The molecule has 35 heavy (non-hydrogen) atoms. The zero-order valence-corrected chi connectivity index (χ0v) is 20.4. The Morgan fingerprint density at radius 2 is 1.80 bits per heavy atom.